The smallest absolute Gasteiger partial charge is 0.221 e. The first-order chi connectivity index (χ1) is 9.56. The Kier molecular flexibility index (Phi) is 4.15. The zero-order chi connectivity index (χ0) is 16.0. The van der Waals surface area contributed by atoms with Gasteiger partial charge >= 0.3 is 0 Å². The maximum atomic E-state index is 9.94. The van der Waals surface area contributed by atoms with Gasteiger partial charge in [0.05, 0.1) is 9.00 Å². The van der Waals surface area contributed by atoms with Crippen LogP contribution in [-0.4, -0.2) is 37.1 Å². The lowest BCUT2D eigenvalue weighted by atomic mass is 10.5. The molecule has 0 unspecified atom stereocenters. The fraction of sp³-hybridized carbons (Fsp3) is 0.333. The van der Waals surface area contributed by atoms with Crippen molar-refractivity contribution in [3.8, 4) is 23.0 Å². The van der Waals surface area contributed by atoms with Crippen molar-refractivity contribution in [2.45, 2.75) is 26.2 Å². The maximum Gasteiger partial charge on any atom is 0.221 e. The van der Waals surface area contributed by atoms with E-state index in [2.05, 4.69) is 0 Å². The second kappa shape index (κ2) is 5.32. The largest absolute Gasteiger partial charge is 0.504 e. The Morgan fingerprint density at radius 2 is 1.10 bits per heavy atom. The van der Waals surface area contributed by atoms with Gasteiger partial charge in [-0.05, 0) is 26.2 Å². The van der Waals surface area contributed by atoms with Gasteiger partial charge in [0, 0.05) is 10.8 Å². The van der Waals surface area contributed by atoms with Gasteiger partial charge in [-0.3, -0.25) is 0 Å². The van der Waals surface area contributed by atoms with E-state index >= 15 is 0 Å². The van der Waals surface area contributed by atoms with Crippen LogP contribution in [0.25, 0.3) is 0 Å². The molecule has 0 atom stereocenters. The van der Waals surface area contributed by atoms with Crippen molar-refractivity contribution in [2.24, 2.45) is 0 Å². The third kappa shape index (κ3) is 2.97. The van der Waals surface area contributed by atoms with Crippen molar-refractivity contribution in [1.29, 1.82) is 0 Å². The number of hydrogen-bond donors (Lipinski definition) is 4. The van der Waals surface area contributed by atoms with Crippen LogP contribution in [0.1, 0.15) is 0 Å². The van der Waals surface area contributed by atoms with Crippen LogP contribution < -0.4 is 9.00 Å². The van der Waals surface area contributed by atoms with E-state index in [4.69, 9.17) is 4.12 Å². The Morgan fingerprint density at radius 3 is 1.33 bits per heavy atom. The fourth-order valence-electron chi connectivity index (χ4n) is 2.27. The molecule has 21 heavy (non-hydrogen) atoms. The molecule has 0 amide bonds. The molecule has 2 heterocycles. The lowest BCUT2D eigenvalue weighted by molar-refractivity contribution is 0.408. The van der Waals surface area contributed by atoms with Gasteiger partial charge < -0.3 is 24.5 Å². The molecule has 2 aromatic heterocycles. The highest BCUT2D eigenvalue weighted by Crippen LogP contribution is 2.34. The van der Waals surface area contributed by atoms with Crippen LogP contribution in [0.2, 0.25) is 26.2 Å². The summed E-state index contributed by atoms with van der Waals surface area (Å²) in [6.45, 7) is 7.77. The van der Waals surface area contributed by atoms with Crippen molar-refractivity contribution in [1.82, 2.24) is 0 Å². The second-order valence-electron chi connectivity index (χ2n) is 5.72. The lowest BCUT2D eigenvalue weighted by Crippen LogP contribution is -2.56. The number of hydrogen-bond acceptors (Lipinski definition) is 7. The summed E-state index contributed by atoms with van der Waals surface area (Å²) in [4.78, 5) is 0. The van der Waals surface area contributed by atoms with E-state index in [-0.39, 0.29) is 23.0 Å². The molecule has 0 bridgehead atoms. The van der Waals surface area contributed by atoms with Crippen LogP contribution in [0.5, 0.6) is 23.0 Å². The highest BCUT2D eigenvalue weighted by atomic mass is 32.1. The third-order valence-corrected chi connectivity index (χ3v) is 15.0. The van der Waals surface area contributed by atoms with E-state index in [1.54, 1.807) is 0 Å². The van der Waals surface area contributed by atoms with Crippen LogP contribution in [0.3, 0.4) is 0 Å². The lowest BCUT2D eigenvalue weighted by Gasteiger charge is -2.32. The highest BCUT2D eigenvalue weighted by molar-refractivity contribution is 7.28. The first-order valence-electron chi connectivity index (χ1n) is 6.26. The van der Waals surface area contributed by atoms with E-state index in [9.17, 15) is 20.4 Å². The topological polar surface area (TPSA) is 90.2 Å². The standard InChI is InChI=1S/C12H18O5S2Si2/c1-20(2,11-9(15)7(13)5-18-11)17-21(3,4)12-10(16)8(14)6-19-12/h5-6,13-16H,1-4H3. The van der Waals surface area contributed by atoms with Crippen LogP contribution in [0.4, 0.5) is 0 Å². The predicted octanol–water partition coefficient (Wildman–Crippen LogP) is 2.17. The van der Waals surface area contributed by atoms with Crippen LogP contribution in [0, 0.1) is 0 Å². The van der Waals surface area contributed by atoms with Gasteiger partial charge in [0.1, 0.15) is 0 Å². The van der Waals surface area contributed by atoms with E-state index in [0.29, 0.717) is 9.00 Å². The molecule has 2 aromatic rings. The molecule has 0 aromatic carbocycles. The molecule has 5 nitrogen and oxygen atoms in total. The van der Waals surface area contributed by atoms with E-state index < -0.39 is 16.6 Å². The molecular formula is C12H18O5S2Si2. The first kappa shape index (κ1) is 16.4. The quantitative estimate of drug-likeness (QED) is 0.626. The zero-order valence-electron chi connectivity index (χ0n) is 12.2. The Balaban J connectivity index is 2.35. The molecule has 0 saturated carbocycles. The van der Waals surface area contributed by atoms with Gasteiger partial charge in [-0.15, -0.1) is 22.7 Å². The Morgan fingerprint density at radius 1 is 0.762 bits per heavy atom. The van der Waals surface area contributed by atoms with Crippen LogP contribution in [0.15, 0.2) is 10.8 Å². The van der Waals surface area contributed by atoms with Crippen molar-refractivity contribution in [3.05, 3.63) is 10.8 Å². The third-order valence-electron chi connectivity index (χ3n) is 3.10. The van der Waals surface area contributed by atoms with E-state index in [1.807, 2.05) is 26.2 Å². The second-order valence-corrected chi connectivity index (χ2v) is 16.1. The number of aromatic hydroxyl groups is 4. The molecule has 0 spiro atoms. The number of rotatable bonds is 4. The molecule has 0 saturated heterocycles. The Hall–Kier alpha value is -1.01. The van der Waals surface area contributed by atoms with Crippen molar-refractivity contribution >= 4 is 48.3 Å². The van der Waals surface area contributed by atoms with Crippen molar-refractivity contribution < 1.29 is 24.5 Å². The minimum atomic E-state index is -2.45. The monoisotopic (exact) mass is 362 g/mol. The molecule has 0 aliphatic carbocycles. The highest BCUT2D eigenvalue weighted by Gasteiger charge is 2.41. The van der Waals surface area contributed by atoms with E-state index in [1.165, 1.54) is 33.4 Å². The Bertz CT molecular complexity index is 606. The average Bonchev–Trinajstić information content (AvgIpc) is 2.84. The summed E-state index contributed by atoms with van der Waals surface area (Å²) >= 11 is 2.56. The van der Waals surface area contributed by atoms with Crippen LogP contribution in [-0.2, 0) is 4.12 Å². The normalized spacial score (nSPS) is 12.8. The minimum absolute atomic E-state index is 0.111. The van der Waals surface area contributed by atoms with E-state index in [0.717, 1.165) is 0 Å². The summed E-state index contributed by atoms with van der Waals surface area (Å²) in [5, 5.41) is 41.9. The molecule has 2 rings (SSSR count). The van der Waals surface area contributed by atoms with Crippen molar-refractivity contribution in [2.75, 3.05) is 0 Å². The average molecular weight is 363 g/mol. The summed E-state index contributed by atoms with van der Waals surface area (Å²) in [5.74, 6) is -0.482. The first-order valence-corrected chi connectivity index (χ1v) is 13.8. The molecule has 0 radical (unpaired) electrons. The van der Waals surface area contributed by atoms with Gasteiger partial charge in [-0.2, -0.15) is 0 Å². The summed E-state index contributed by atoms with van der Waals surface area (Å²) in [6, 6.07) is 0. The van der Waals surface area contributed by atoms with Crippen molar-refractivity contribution in [3.63, 3.8) is 0 Å². The molecule has 4 N–H and O–H groups in total. The SMILES string of the molecule is C[Si](C)(O[Si](C)(C)c1scc(O)c1O)c1scc(O)c1O. The molecule has 0 aliphatic heterocycles. The summed E-state index contributed by atoms with van der Waals surface area (Å²) in [6.07, 6.45) is 0. The predicted molar refractivity (Wildman–Crippen MR) is 90.6 cm³/mol. The van der Waals surface area contributed by atoms with Crippen LogP contribution >= 0.6 is 22.7 Å². The minimum Gasteiger partial charge on any atom is -0.504 e. The van der Waals surface area contributed by atoms with Gasteiger partial charge in [0.15, 0.2) is 23.0 Å². The molecular weight excluding hydrogens is 344 g/mol. The molecule has 116 valence electrons. The molecule has 0 fully saturated rings. The molecule has 9 heteroatoms. The van der Waals surface area contributed by atoms with Gasteiger partial charge in [0.25, 0.3) is 0 Å². The van der Waals surface area contributed by atoms with Gasteiger partial charge in [0.2, 0.25) is 16.6 Å². The van der Waals surface area contributed by atoms with Gasteiger partial charge in [-0.1, -0.05) is 0 Å². The Labute approximate surface area is 133 Å². The summed E-state index contributed by atoms with van der Waals surface area (Å²) in [5.41, 5.74) is 0. The fourth-order valence-corrected chi connectivity index (χ4v) is 14.0. The maximum absolute atomic E-state index is 9.94. The number of thiophene rings is 2. The summed E-state index contributed by atoms with van der Waals surface area (Å²) in [7, 11) is -4.90. The van der Waals surface area contributed by atoms with Gasteiger partial charge in [-0.25, -0.2) is 0 Å². The molecule has 0 aliphatic rings. The zero-order valence-corrected chi connectivity index (χ0v) is 15.8. The summed E-state index contributed by atoms with van der Waals surface area (Å²) < 4.78 is 7.68.